The molecule has 0 heterocycles. The molecule has 1 saturated carbocycles. The zero-order valence-electron chi connectivity index (χ0n) is 12.2. The highest BCUT2D eigenvalue weighted by atomic mass is 16.3. The normalized spacial score (nSPS) is 27.4. The van der Waals surface area contributed by atoms with Crippen LogP contribution >= 0.6 is 0 Å². The summed E-state index contributed by atoms with van der Waals surface area (Å²) in [7, 11) is 0. The van der Waals surface area contributed by atoms with Crippen LogP contribution in [0.15, 0.2) is 11.3 Å². The van der Waals surface area contributed by atoms with Crippen LogP contribution in [-0.4, -0.2) is 28.1 Å². The van der Waals surface area contributed by atoms with Gasteiger partial charge in [-0.05, 0) is 39.5 Å². The Morgan fingerprint density at radius 1 is 1.30 bits per heavy atom. The van der Waals surface area contributed by atoms with E-state index < -0.39 is 17.4 Å². The molecule has 20 heavy (non-hydrogen) atoms. The van der Waals surface area contributed by atoms with Crippen molar-refractivity contribution in [3.8, 4) is 0 Å². The van der Waals surface area contributed by atoms with Crippen LogP contribution in [0.2, 0.25) is 0 Å². The van der Waals surface area contributed by atoms with Crippen molar-refractivity contribution in [1.82, 2.24) is 5.32 Å². The quantitative estimate of drug-likeness (QED) is 0.715. The Bertz CT molecular complexity index is 498. The summed E-state index contributed by atoms with van der Waals surface area (Å²) in [5.74, 6) is -2.14. The molecule has 2 N–H and O–H groups in total. The summed E-state index contributed by atoms with van der Waals surface area (Å²) in [6, 6.07) is 0. The first-order valence-electron chi connectivity index (χ1n) is 7.02. The van der Waals surface area contributed by atoms with Gasteiger partial charge in [0, 0.05) is 18.4 Å². The maximum atomic E-state index is 12.2. The minimum atomic E-state index is -0.665. The average molecular weight is 279 g/mol. The molecule has 5 nitrogen and oxygen atoms in total. The van der Waals surface area contributed by atoms with Gasteiger partial charge in [-0.25, -0.2) is 0 Å². The number of amides is 1. The number of ketones is 2. The van der Waals surface area contributed by atoms with E-state index in [0.717, 1.165) is 12.8 Å². The summed E-state index contributed by atoms with van der Waals surface area (Å²) >= 11 is 0. The second-order valence-electron chi connectivity index (χ2n) is 6.69. The van der Waals surface area contributed by atoms with E-state index in [9.17, 15) is 19.5 Å². The van der Waals surface area contributed by atoms with Crippen LogP contribution in [0.4, 0.5) is 0 Å². The summed E-state index contributed by atoms with van der Waals surface area (Å²) in [6.45, 7) is 5.39. The lowest BCUT2D eigenvalue weighted by atomic mass is 9.70. The molecule has 2 rings (SSSR count). The number of carbonyl (C=O) groups is 3. The lowest BCUT2D eigenvalue weighted by Gasteiger charge is -2.34. The highest BCUT2D eigenvalue weighted by Gasteiger charge is 2.44. The second kappa shape index (κ2) is 5.04. The molecule has 2 atom stereocenters. The van der Waals surface area contributed by atoms with E-state index in [1.807, 2.05) is 0 Å². The predicted molar refractivity (Wildman–Crippen MR) is 73.0 cm³/mol. The number of aliphatic hydroxyl groups excluding tert-OH is 1. The largest absolute Gasteiger partial charge is 0.511 e. The van der Waals surface area contributed by atoms with Crippen molar-refractivity contribution in [3.63, 3.8) is 0 Å². The van der Waals surface area contributed by atoms with Crippen molar-refractivity contribution >= 4 is 17.5 Å². The van der Waals surface area contributed by atoms with Crippen molar-refractivity contribution in [2.45, 2.75) is 52.0 Å². The second-order valence-corrected chi connectivity index (χ2v) is 6.69. The predicted octanol–water partition coefficient (Wildman–Crippen LogP) is 1.67. The first-order chi connectivity index (χ1) is 9.20. The molecule has 1 fully saturated rings. The first-order valence-corrected chi connectivity index (χ1v) is 7.02. The topological polar surface area (TPSA) is 83.5 Å². The summed E-state index contributed by atoms with van der Waals surface area (Å²) in [6.07, 6.45) is 2.09. The molecule has 2 aliphatic rings. The minimum absolute atomic E-state index is 0.0627. The van der Waals surface area contributed by atoms with E-state index in [1.54, 1.807) is 20.8 Å². The van der Waals surface area contributed by atoms with Crippen LogP contribution in [0.5, 0.6) is 0 Å². The standard InChI is InChI=1S/C15H21NO4/c1-15(2,3)16-14(20)12-10(18)7-8-5-4-6-9(17)11(8)13(12)19/h8,11,19H,4-7H2,1-3H3,(H,16,20). The minimum Gasteiger partial charge on any atom is -0.511 e. The molecule has 0 saturated heterocycles. The van der Waals surface area contributed by atoms with Crippen LogP contribution in [0, 0.1) is 11.8 Å². The van der Waals surface area contributed by atoms with Crippen LogP contribution < -0.4 is 5.32 Å². The molecule has 0 radical (unpaired) electrons. The molecular formula is C15H21NO4. The fourth-order valence-electron chi connectivity index (χ4n) is 3.00. The SMILES string of the molecule is CC(C)(C)NC(=O)C1=C(O)C2C(=O)CCCC2CC1=O. The van der Waals surface area contributed by atoms with Gasteiger partial charge in [0.05, 0.1) is 5.92 Å². The number of hydrogen-bond donors (Lipinski definition) is 2. The molecule has 5 heteroatoms. The van der Waals surface area contributed by atoms with Crippen molar-refractivity contribution in [2.75, 3.05) is 0 Å². The van der Waals surface area contributed by atoms with Crippen molar-refractivity contribution in [3.05, 3.63) is 11.3 Å². The Hall–Kier alpha value is -1.65. The molecule has 0 bridgehead atoms. The van der Waals surface area contributed by atoms with Crippen molar-refractivity contribution < 1.29 is 19.5 Å². The summed E-state index contributed by atoms with van der Waals surface area (Å²) in [4.78, 5) is 36.2. The number of aliphatic hydroxyl groups is 1. The maximum Gasteiger partial charge on any atom is 0.258 e. The molecule has 0 aromatic rings. The van der Waals surface area contributed by atoms with Gasteiger partial charge < -0.3 is 10.4 Å². The fraction of sp³-hybridized carbons (Fsp3) is 0.667. The Morgan fingerprint density at radius 2 is 1.95 bits per heavy atom. The number of carbonyl (C=O) groups excluding carboxylic acids is 3. The highest BCUT2D eigenvalue weighted by molar-refractivity contribution is 6.21. The molecule has 0 spiro atoms. The summed E-state index contributed by atoms with van der Waals surface area (Å²) in [5, 5.41) is 12.9. The highest BCUT2D eigenvalue weighted by Crippen LogP contribution is 2.39. The molecule has 1 amide bonds. The van der Waals surface area contributed by atoms with Gasteiger partial charge in [-0.1, -0.05) is 0 Å². The smallest absolute Gasteiger partial charge is 0.258 e. The van der Waals surface area contributed by atoms with Gasteiger partial charge in [-0.3, -0.25) is 14.4 Å². The van der Waals surface area contributed by atoms with E-state index >= 15 is 0 Å². The Balaban J connectivity index is 2.35. The Kier molecular flexibility index (Phi) is 3.71. The monoisotopic (exact) mass is 279 g/mol. The van der Waals surface area contributed by atoms with Gasteiger partial charge in [0.15, 0.2) is 5.78 Å². The van der Waals surface area contributed by atoms with Gasteiger partial charge in [-0.15, -0.1) is 0 Å². The van der Waals surface area contributed by atoms with Crippen LogP contribution in [-0.2, 0) is 14.4 Å². The number of nitrogens with one attached hydrogen (secondary N) is 1. The summed E-state index contributed by atoms with van der Waals surface area (Å²) < 4.78 is 0. The van der Waals surface area contributed by atoms with Crippen LogP contribution in [0.25, 0.3) is 0 Å². The third-order valence-electron chi connectivity index (χ3n) is 3.81. The summed E-state index contributed by atoms with van der Waals surface area (Å²) in [5.41, 5.74) is -0.727. The molecule has 0 aliphatic heterocycles. The number of rotatable bonds is 1. The Labute approximate surface area is 118 Å². The zero-order valence-corrected chi connectivity index (χ0v) is 12.2. The molecule has 110 valence electrons. The van der Waals surface area contributed by atoms with Crippen molar-refractivity contribution in [2.24, 2.45) is 11.8 Å². The van der Waals surface area contributed by atoms with Gasteiger partial charge >= 0.3 is 0 Å². The number of Topliss-reactive ketones (excluding diaryl/α,β-unsaturated/α-hetero) is 2. The molecular weight excluding hydrogens is 258 g/mol. The van der Waals surface area contributed by atoms with E-state index in [-0.39, 0.29) is 35.2 Å². The van der Waals surface area contributed by atoms with Crippen LogP contribution in [0.3, 0.4) is 0 Å². The van der Waals surface area contributed by atoms with E-state index in [4.69, 9.17) is 0 Å². The maximum absolute atomic E-state index is 12.2. The number of hydrogen-bond acceptors (Lipinski definition) is 4. The Morgan fingerprint density at radius 3 is 2.55 bits per heavy atom. The lowest BCUT2D eigenvalue weighted by Crippen LogP contribution is -2.46. The molecule has 2 aliphatic carbocycles. The lowest BCUT2D eigenvalue weighted by molar-refractivity contribution is -0.130. The van der Waals surface area contributed by atoms with Crippen molar-refractivity contribution in [1.29, 1.82) is 0 Å². The average Bonchev–Trinajstić information content (AvgIpc) is 2.25. The molecule has 0 aromatic heterocycles. The van der Waals surface area contributed by atoms with Crippen LogP contribution in [0.1, 0.15) is 46.5 Å². The number of allylic oxidation sites excluding steroid dienone is 1. The fourth-order valence-corrected chi connectivity index (χ4v) is 3.00. The van der Waals surface area contributed by atoms with E-state index in [2.05, 4.69) is 5.32 Å². The van der Waals surface area contributed by atoms with Gasteiger partial charge in [-0.2, -0.15) is 0 Å². The van der Waals surface area contributed by atoms with Gasteiger partial charge in [0.2, 0.25) is 0 Å². The number of fused-ring (bicyclic) bond motifs is 1. The van der Waals surface area contributed by atoms with Gasteiger partial charge in [0.1, 0.15) is 17.1 Å². The van der Waals surface area contributed by atoms with Gasteiger partial charge in [0.25, 0.3) is 5.91 Å². The third kappa shape index (κ3) is 2.76. The molecule has 2 unspecified atom stereocenters. The zero-order chi connectivity index (χ0) is 15.1. The molecule has 0 aromatic carbocycles. The third-order valence-corrected chi connectivity index (χ3v) is 3.81. The van der Waals surface area contributed by atoms with E-state index in [1.165, 1.54) is 0 Å². The van der Waals surface area contributed by atoms with E-state index in [0.29, 0.717) is 6.42 Å². The first kappa shape index (κ1) is 14.8.